The molecule has 0 amide bonds. The van der Waals surface area contributed by atoms with Gasteiger partial charge in [0.15, 0.2) is 21.3 Å². The molecule has 0 saturated carbocycles. The number of phenolic OH excluding ortho intramolecular Hbond substituents is 1. The summed E-state index contributed by atoms with van der Waals surface area (Å²) in [5.41, 5.74) is 1.73. The second-order valence-corrected chi connectivity index (χ2v) is 8.95. The molecule has 0 spiro atoms. The van der Waals surface area contributed by atoms with Gasteiger partial charge in [0.05, 0.1) is 17.2 Å². The van der Waals surface area contributed by atoms with Crippen molar-refractivity contribution in [1.82, 2.24) is 9.88 Å². The van der Waals surface area contributed by atoms with Gasteiger partial charge in [-0.1, -0.05) is 6.07 Å². The number of hydrogen-bond donors (Lipinski definition) is 1. The molecule has 7 heteroatoms. The molecule has 3 rings (SSSR count). The first-order valence-electron chi connectivity index (χ1n) is 9.20. The monoisotopic (exact) mass is 390 g/mol. The van der Waals surface area contributed by atoms with Crippen LogP contribution in [0.15, 0.2) is 41.4 Å². The molecule has 1 aliphatic heterocycles. The second kappa shape index (κ2) is 8.27. The van der Waals surface area contributed by atoms with E-state index in [1.54, 1.807) is 24.4 Å². The van der Waals surface area contributed by atoms with Crippen molar-refractivity contribution in [1.29, 1.82) is 0 Å². The summed E-state index contributed by atoms with van der Waals surface area (Å²) >= 11 is 0. The van der Waals surface area contributed by atoms with Crippen LogP contribution in [0.4, 0.5) is 0 Å². The van der Waals surface area contributed by atoms with Crippen LogP contribution in [-0.4, -0.2) is 49.4 Å². The van der Waals surface area contributed by atoms with Gasteiger partial charge in [0.2, 0.25) is 0 Å². The number of nitrogens with zero attached hydrogens (tertiary/aromatic N) is 2. The largest absolute Gasteiger partial charge is 0.504 e. The molecule has 1 N–H and O–H groups in total. The SMILES string of the molecule is CCOc1cc(CN2CCCC(c3ncccc3S(C)(=O)=O)C2)ccc1O. The Hall–Kier alpha value is -2.12. The van der Waals surface area contributed by atoms with E-state index in [-0.39, 0.29) is 11.7 Å². The minimum Gasteiger partial charge on any atom is -0.504 e. The van der Waals surface area contributed by atoms with E-state index in [4.69, 9.17) is 4.74 Å². The fourth-order valence-corrected chi connectivity index (χ4v) is 4.56. The normalized spacial score (nSPS) is 18.4. The van der Waals surface area contributed by atoms with Crippen molar-refractivity contribution < 1.29 is 18.3 Å². The van der Waals surface area contributed by atoms with Crippen LogP contribution < -0.4 is 4.74 Å². The summed E-state index contributed by atoms with van der Waals surface area (Å²) in [5, 5.41) is 9.87. The van der Waals surface area contributed by atoms with Crippen molar-refractivity contribution in [3.05, 3.63) is 47.8 Å². The lowest BCUT2D eigenvalue weighted by Crippen LogP contribution is -2.34. The van der Waals surface area contributed by atoms with Crippen molar-refractivity contribution in [2.45, 2.75) is 37.1 Å². The fourth-order valence-electron chi connectivity index (χ4n) is 3.63. The van der Waals surface area contributed by atoms with Gasteiger partial charge in [-0.05, 0) is 56.1 Å². The van der Waals surface area contributed by atoms with Gasteiger partial charge in [0.1, 0.15) is 0 Å². The summed E-state index contributed by atoms with van der Waals surface area (Å²) < 4.78 is 29.7. The van der Waals surface area contributed by atoms with Gasteiger partial charge in [0.25, 0.3) is 0 Å². The van der Waals surface area contributed by atoms with E-state index in [0.29, 0.717) is 22.9 Å². The molecule has 2 aromatic rings. The number of likely N-dealkylation sites (tertiary alicyclic amines) is 1. The molecule has 0 bridgehead atoms. The number of aromatic hydroxyl groups is 1. The second-order valence-electron chi connectivity index (χ2n) is 6.97. The highest BCUT2D eigenvalue weighted by molar-refractivity contribution is 7.90. The van der Waals surface area contributed by atoms with E-state index in [2.05, 4.69) is 9.88 Å². The Bertz CT molecular complexity index is 899. The Morgan fingerprint density at radius 2 is 2.15 bits per heavy atom. The standard InChI is InChI=1S/C20H26N2O4S/c1-3-26-18-12-15(8-9-17(18)23)13-22-11-5-6-16(14-22)20-19(27(2,24)25)7-4-10-21-20/h4,7-10,12,16,23H,3,5-6,11,13-14H2,1-2H3. The first kappa shape index (κ1) is 19.6. The first-order chi connectivity index (χ1) is 12.9. The molecular formula is C20H26N2O4S. The minimum atomic E-state index is -3.30. The van der Waals surface area contributed by atoms with Gasteiger partial charge >= 0.3 is 0 Å². The fraction of sp³-hybridized carbons (Fsp3) is 0.450. The molecule has 27 heavy (non-hydrogen) atoms. The Labute approximate surface area is 160 Å². The number of hydrogen-bond acceptors (Lipinski definition) is 6. The average Bonchev–Trinajstić information content (AvgIpc) is 2.64. The highest BCUT2D eigenvalue weighted by Crippen LogP contribution is 2.32. The Morgan fingerprint density at radius 1 is 1.33 bits per heavy atom. The van der Waals surface area contributed by atoms with Gasteiger partial charge in [-0.3, -0.25) is 9.88 Å². The molecule has 146 valence electrons. The minimum absolute atomic E-state index is 0.0909. The van der Waals surface area contributed by atoms with E-state index in [0.717, 1.165) is 38.0 Å². The molecule has 0 radical (unpaired) electrons. The molecule has 6 nitrogen and oxygen atoms in total. The van der Waals surface area contributed by atoms with Crippen molar-refractivity contribution in [2.24, 2.45) is 0 Å². The highest BCUT2D eigenvalue weighted by atomic mass is 32.2. The van der Waals surface area contributed by atoms with Crippen LogP contribution in [0.2, 0.25) is 0 Å². The van der Waals surface area contributed by atoms with Gasteiger partial charge in [-0.15, -0.1) is 0 Å². The lowest BCUT2D eigenvalue weighted by atomic mass is 9.94. The predicted molar refractivity (Wildman–Crippen MR) is 104 cm³/mol. The number of rotatable bonds is 6. The van der Waals surface area contributed by atoms with Crippen LogP contribution in [0, 0.1) is 0 Å². The van der Waals surface area contributed by atoms with Crippen molar-refractivity contribution in [2.75, 3.05) is 26.0 Å². The lowest BCUT2D eigenvalue weighted by Gasteiger charge is -2.33. The van der Waals surface area contributed by atoms with E-state index in [9.17, 15) is 13.5 Å². The Balaban J connectivity index is 1.77. The van der Waals surface area contributed by atoms with Gasteiger partial charge in [0, 0.05) is 31.5 Å². The molecule has 1 aromatic heterocycles. The summed E-state index contributed by atoms with van der Waals surface area (Å²) in [7, 11) is -3.30. The number of ether oxygens (including phenoxy) is 1. The van der Waals surface area contributed by atoms with Crippen molar-refractivity contribution >= 4 is 9.84 Å². The van der Waals surface area contributed by atoms with Gasteiger partial charge in [-0.25, -0.2) is 8.42 Å². The number of piperidine rings is 1. The molecule has 1 aliphatic rings. The zero-order chi connectivity index (χ0) is 19.4. The maximum absolute atomic E-state index is 12.1. The van der Waals surface area contributed by atoms with Crippen LogP contribution in [-0.2, 0) is 16.4 Å². The zero-order valence-corrected chi connectivity index (χ0v) is 16.6. The molecule has 1 unspecified atom stereocenters. The average molecular weight is 391 g/mol. The Morgan fingerprint density at radius 3 is 2.89 bits per heavy atom. The molecule has 1 atom stereocenters. The first-order valence-corrected chi connectivity index (χ1v) is 11.1. The maximum Gasteiger partial charge on any atom is 0.177 e. The maximum atomic E-state index is 12.1. The molecule has 1 fully saturated rings. The number of benzene rings is 1. The third-order valence-corrected chi connectivity index (χ3v) is 5.97. The highest BCUT2D eigenvalue weighted by Gasteiger charge is 2.27. The molecule has 0 aliphatic carbocycles. The number of aromatic nitrogens is 1. The predicted octanol–water partition coefficient (Wildman–Crippen LogP) is 2.97. The quantitative estimate of drug-likeness (QED) is 0.817. The third kappa shape index (κ3) is 4.78. The van der Waals surface area contributed by atoms with Gasteiger partial charge < -0.3 is 9.84 Å². The van der Waals surface area contributed by atoms with Crippen molar-refractivity contribution in [3.8, 4) is 11.5 Å². The topological polar surface area (TPSA) is 79.7 Å². The Kier molecular flexibility index (Phi) is 6.01. The van der Waals surface area contributed by atoms with Crippen LogP contribution >= 0.6 is 0 Å². The van der Waals surface area contributed by atoms with Gasteiger partial charge in [-0.2, -0.15) is 0 Å². The third-order valence-electron chi connectivity index (χ3n) is 4.82. The summed E-state index contributed by atoms with van der Waals surface area (Å²) in [6.07, 6.45) is 4.81. The number of sulfone groups is 1. The summed E-state index contributed by atoms with van der Waals surface area (Å²) in [5.74, 6) is 0.726. The van der Waals surface area contributed by atoms with E-state index in [1.165, 1.54) is 6.26 Å². The van der Waals surface area contributed by atoms with Crippen LogP contribution in [0.5, 0.6) is 11.5 Å². The van der Waals surface area contributed by atoms with Crippen LogP contribution in [0.1, 0.15) is 36.9 Å². The zero-order valence-electron chi connectivity index (χ0n) is 15.8. The van der Waals surface area contributed by atoms with E-state index >= 15 is 0 Å². The number of pyridine rings is 1. The van der Waals surface area contributed by atoms with E-state index in [1.807, 2.05) is 19.1 Å². The smallest absolute Gasteiger partial charge is 0.177 e. The number of phenols is 1. The summed E-state index contributed by atoms with van der Waals surface area (Å²) in [6, 6.07) is 8.73. The molecule has 1 saturated heterocycles. The van der Waals surface area contributed by atoms with E-state index < -0.39 is 9.84 Å². The van der Waals surface area contributed by atoms with Crippen molar-refractivity contribution in [3.63, 3.8) is 0 Å². The summed E-state index contributed by atoms with van der Waals surface area (Å²) in [4.78, 5) is 7.04. The molecular weight excluding hydrogens is 364 g/mol. The lowest BCUT2D eigenvalue weighted by molar-refractivity contribution is 0.197. The van der Waals surface area contributed by atoms with Crippen LogP contribution in [0.3, 0.4) is 0 Å². The molecule has 1 aromatic carbocycles. The molecule has 2 heterocycles. The summed E-state index contributed by atoms with van der Waals surface area (Å²) in [6.45, 7) is 4.80. The van der Waals surface area contributed by atoms with Crippen LogP contribution in [0.25, 0.3) is 0 Å².